The second-order valence-electron chi connectivity index (χ2n) is 4.70. The fourth-order valence-corrected chi connectivity index (χ4v) is 3.24. The van der Waals surface area contributed by atoms with Gasteiger partial charge in [-0.15, -0.1) is 11.3 Å². The summed E-state index contributed by atoms with van der Waals surface area (Å²) >= 11 is 1.76. The highest BCUT2D eigenvalue weighted by molar-refractivity contribution is 7.11. The van der Waals surface area contributed by atoms with Gasteiger partial charge in [0.05, 0.1) is 10.7 Å². The molecule has 3 nitrogen and oxygen atoms in total. The van der Waals surface area contributed by atoms with Crippen LogP contribution in [0.3, 0.4) is 0 Å². The molecule has 1 aliphatic rings. The van der Waals surface area contributed by atoms with E-state index in [1.54, 1.807) is 11.3 Å². The summed E-state index contributed by atoms with van der Waals surface area (Å²) in [5, 5.41) is 10.8. The minimum atomic E-state index is 0.00891. The Labute approximate surface area is 100 Å². The molecule has 0 saturated carbocycles. The first-order chi connectivity index (χ1) is 7.65. The van der Waals surface area contributed by atoms with Crippen molar-refractivity contribution >= 4 is 11.3 Å². The SMILES string of the molecule is Cc1nc(CC2(CO)CCOCC2)sc1C. The van der Waals surface area contributed by atoms with Crippen molar-refractivity contribution in [1.82, 2.24) is 4.98 Å². The monoisotopic (exact) mass is 241 g/mol. The maximum absolute atomic E-state index is 9.60. The van der Waals surface area contributed by atoms with Gasteiger partial charge >= 0.3 is 0 Å². The minimum absolute atomic E-state index is 0.00891. The van der Waals surface area contributed by atoms with Gasteiger partial charge in [0.15, 0.2) is 0 Å². The molecule has 2 heterocycles. The van der Waals surface area contributed by atoms with E-state index in [0.29, 0.717) is 0 Å². The van der Waals surface area contributed by atoms with Gasteiger partial charge in [-0.1, -0.05) is 0 Å². The van der Waals surface area contributed by atoms with E-state index >= 15 is 0 Å². The predicted octanol–water partition coefficient (Wildman–Crippen LogP) is 2.09. The maximum Gasteiger partial charge on any atom is 0.0937 e. The fraction of sp³-hybridized carbons (Fsp3) is 0.750. The van der Waals surface area contributed by atoms with E-state index in [9.17, 15) is 5.11 Å². The molecule has 1 aromatic rings. The molecule has 4 heteroatoms. The number of rotatable bonds is 3. The van der Waals surface area contributed by atoms with Crippen LogP contribution in [-0.4, -0.2) is 29.9 Å². The Morgan fingerprint density at radius 3 is 2.56 bits per heavy atom. The van der Waals surface area contributed by atoms with Crippen LogP contribution in [0, 0.1) is 19.3 Å². The molecule has 90 valence electrons. The summed E-state index contributed by atoms with van der Waals surface area (Å²) < 4.78 is 5.37. The van der Waals surface area contributed by atoms with Gasteiger partial charge in [0.1, 0.15) is 0 Å². The molecule has 1 N–H and O–H groups in total. The standard InChI is InChI=1S/C12H19NO2S/c1-9-10(2)16-11(13-9)7-12(8-14)3-5-15-6-4-12/h14H,3-8H2,1-2H3. The average Bonchev–Trinajstić information content (AvgIpc) is 2.59. The molecule has 2 rings (SSSR count). The average molecular weight is 241 g/mol. The van der Waals surface area contributed by atoms with Crippen LogP contribution < -0.4 is 0 Å². The summed E-state index contributed by atoms with van der Waals surface area (Å²) in [6.45, 7) is 5.93. The van der Waals surface area contributed by atoms with E-state index in [1.165, 1.54) is 4.88 Å². The van der Waals surface area contributed by atoms with E-state index in [4.69, 9.17) is 4.74 Å². The number of aliphatic hydroxyl groups is 1. The second kappa shape index (κ2) is 4.82. The van der Waals surface area contributed by atoms with Gasteiger partial charge in [-0.2, -0.15) is 0 Å². The molecule has 1 aliphatic heterocycles. The highest BCUT2D eigenvalue weighted by atomic mass is 32.1. The Kier molecular flexibility index (Phi) is 3.62. The third-order valence-electron chi connectivity index (χ3n) is 3.49. The smallest absolute Gasteiger partial charge is 0.0937 e. The Morgan fingerprint density at radius 2 is 2.06 bits per heavy atom. The molecule has 0 aliphatic carbocycles. The van der Waals surface area contributed by atoms with Gasteiger partial charge in [-0.3, -0.25) is 0 Å². The topological polar surface area (TPSA) is 42.4 Å². The predicted molar refractivity (Wildman–Crippen MR) is 64.9 cm³/mol. The molecule has 0 spiro atoms. The molecule has 16 heavy (non-hydrogen) atoms. The molecular weight excluding hydrogens is 222 g/mol. The zero-order valence-electron chi connectivity index (χ0n) is 9.95. The van der Waals surface area contributed by atoms with Crippen molar-refractivity contribution in [2.75, 3.05) is 19.8 Å². The normalized spacial score (nSPS) is 19.9. The number of aryl methyl sites for hydroxylation is 2. The van der Waals surface area contributed by atoms with Crippen molar-refractivity contribution in [2.24, 2.45) is 5.41 Å². The lowest BCUT2D eigenvalue weighted by atomic mass is 9.78. The van der Waals surface area contributed by atoms with Gasteiger partial charge in [-0.25, -0.2) is 4.98 Å². The van der Waals surface area contributed by atoms with E-state index in [0.717, 1.165) is 43.2 Å². The van der Waals surface area contributed by atoms with E-state index in [-0.39, 0.29) is 12.0 Å². The fourth-order valence-electron chi connectivity index (χ4n) is 2.13. The molecular formula is C12H19NO2S. The lowest BCUT2D eigenvalue weighted by Gasteiger charge is -2.34. The van der Waals surface area contributed by atoms with Crippen LogP contribution in [-0.2, 0) is 11.2 Å². The number of aliphatic hydroxyl groups excluding tert-OH is 1. The van der Waals surface area contributed by atoms with Gasteiger partial charge in [0.25, 0.3) is 0 Å². The van der Waals surface area contributed by atoms with Crippen LogP contribution in [0.2, 0.25) is 0 Å². The van der Waals surface area contributed by atoms with Gasteiger partial charge in [0.2, 0.25) is 0 Å². The third kappa shape index (κ3) is 2.44. The summed E-state index contributed by atoms with van der Waals surface area (Å²) in [6, 6.07) is 0. The van der Waals surface area contributed by atoms with Crippen LogP contribution in [0.4, 0.5) is 0 Å². The Balaban J connectivity index is 2.11. The Bertz CT molecular complexity index is 336. The lowest BCUT2D eigenvalue weighted by Crippen LogP contribution is -2.35. The zero-order chi connectivity index (χ0) is 11.6. The summed E-state index contributed by atoms with van der Waals surface area (Å²) in [5.74, 6) is 0. The summed E-state index contributed by atoms with van der Waals surface area (Å²) in [4.78, 5) is 5.85. The number of ether oxygens (including phenoxy) is 1. The molecule has 1 aromatic heterocycles. The molecule has 1 fully saturated rings. The maximum atomic E-state index is 9.60. The molecule has 0 amide bonds. The van der Waals surface area contributed by atoms with Crippen LogP contribution in [0.1, 0.15) is 28.4 Å². The zero-order valence-corrected chi connectivity index (χ0v) is 10.8. The largest absolute Gasteiger partial charge is 0.396 e. The van der Waals surface area contributed by atoms with E-state index < -0.39 is 0 Å². The quantitative estimate of drug-likeness (QED) is 0.881. The van der Waals surface area contributed by atoms with Crippen LogP contribution in [0.5, 0.6) is 0 Å². The van der Waals surface area contributed by atoms with Crippen molar-refractivity contribution in [3.8, 4) is 0 Å². The van der Waals surface area contributed by atoms with Crippen molar-refractivity contribution in [1.29, 1.82) is 0 Å². The van der Waals surface area contributed by atoms with E-state index in [2.05, 4.69) is 11.9 Å². The molecule has 0 bridgehead atoms. The first-order valence-electron chi connectivity index (χ1n) is 5.77. The van der Waals surface area contributed by atoms with Crippen LogP contribution in [0.25, 0.3) is 0 Å². The number of nitrogens with zero attached hydrogens (tertiary/aromatic N) is 1. The summed E-state index contributed by atoms with van der Waals surface area (Å²) in [6.07, 6.45) is 2.79. The second-order valence-corrected chi connectivity index (χ2v) is 5.98. The molecule has 1 saturated heterocycles. The number of hydrogen-bond donors (Lipinski definition) is 1. The highest BCUT2D eigenvalue weighted by Gasteiger charge is 2.33. The van der Waals surface area contributed by atoms with Gasteiger partial charge in [0, 0.05) is 36.5 Å². The van der Waals surface area contributed by atoms with E-state index in [1.807, 2.05) is 6.92 Å². The Hall–Kier alpha value is -0.450. The van der Waals surface area contributed by atoms with Crippen molar-refractivity contribution in [3.63, 3.8) is 0 Å². The number of thiazole rings is 1. The minimum Gasteiger partial charge on any atom is -0.396 e. The van der Waals surface area contributed by atoms with Gasteiger partial charge < -0.3 is 9.84 Å². The number of hydrogen-bond acceptors (Lipinski definition) is 4. The summed E-state index contributed by atoms with van der Waals surface area (Å²) in [5.41, 5.74) is 1.13. The van der Waals surface area contributed by atoms with Crippen LogP contribution >= 0.6 is 11.3 Å². The molecule has 0 unspecified atom stereocenters. The first-order valence-corrected chi connectivity index (χ1v) is 6.58. The van der Waals surface area contributed by atoms with Crippen LogP contribution in [0.15, 0.2) is 0 Å². The van der Waals surface area contributed by atoms with Crippen molar-refractivity contribution in [2.45, 2.75) is 33.1 Å². The Morgan fingerprint density at radius 1 is 1.38 bits per heavy atom. The molecule has 0 atom stereocenters. The highest BCUT2D eigenvalue weighted by Crippen LogP contribution is 2.35. The van der Waals surface area contributed by atoms with Crippen molar-refractivity contribution < 1.29 is 9.84 Å². The summed E-state index contributed by atoms with van der Waals surface area (Å²) in [7, 11) is 0. The molecule has 0 aromatic carbocycles. The first kappa shape index (κ1) is 12.0. The number of aromatic nitrogens is 1. The van der Waals surface area contributed by atoms with Gasteiger partial charge in [-0.05, 0) is 26.7 Å². The third-order valence-corrected chi connectivity index (χ3v) is 4.56. The molecule has 0 radical (unpaired) electrons. The van der Waals surface area contributed by atoms with Crippen molar-refractivity contribution in [3.05, 3.63) is 15.6 Å². The lowest BCUT2D eigenvalue weighted by molar-refractivity contribution is -0.0157.